The van der Waals surface area contributed by atoms with Crippen LogP contribution in [0.15, 0.2) is 30.3 Å². The topological polar surface area (TPSA) is 83.1 Å². The highest BCUT2D eigenvalue weighted by Crippen LogP contribution is 2.51. The van der Waals surface area contributed by atoms with Crippen LogP contribution in [-0.2, 0) is 16.1 Å². The molecule has 0 aromatic heterocycles. The highest BCUT2D eigenvalue weighted by atomic mass is 16.6. The SMILES string of the molecule is CCC(C)OC(=O)C1(Oc2c(-c3ccc4c(c3)CNC4=O)ccc(OC)c2OC)CC1. The Morgan fingerprint density at radius 2 is 1.84 bits per heavy atom. The van der Waals surface area contributed by atoms with Gasteiger partial charge >= 0.3 is 5.97 Å². The molecule has 1 N–H and O–H groups in total. The fourth-order valence-electron chi connectivity index (χ4n) is 3.66. The average molecular weight is 425 g/mol. The molecule has 0 bridgehead atoms. The summed E-state index contributed by atoms with van der Waals surface area (Å²) in [7, 11) is 3.09. The van der Waals surface area contributed by atoms with Crippen LogP contribution in [0.1, 0.15) is 49.0 Å². The number of ether oxygens (including phenoxy) is 4. The molecule has 4 rings (SSSR count). The number of esters is 1. The normalized spacial score (nSPS) is 16.7. The van der Waals surface area contributed by atoms with Crippen LogP contribution in [0.25, 0.3) is 11.1 Å². The fourth-order valence-corrected chi connectivity index (χ4v) is 3.66. The van der Waals surface area contributed by atoms with E-state index in [9.17, 15) is 9.59 Å². The molecule has 31 heavy (non-hydrogen) atoms. The minimum absolute atomic E-state index is 0.0740. The molecule has 1 atom stereocenters. The monoisotopic (exact) mass is 425 g/mol. The summed E-state index contributed by atoms with van der Waals surface area (Å²) in [6.45, 7) is 4.32. The van der Waals surface area contributed by atoms with E-state index in [0.717, 1.165) is 23.1 Å². The first-order valence-corrected chi connectivity index (χ1v) is 10.5. The van der Waals surface area contributed by atoms with Crippen LogP contribution in [0.3, 0.4) is 0 Å². The van der Waals surface area contributed by atoms with Crippen LogP contribution in [0.4, 0.5) is 0 Å². The van der Waals surface area contributed by atoms with E-state index in [1.54, 1.807) is 19.2 Å². The highest BCUT2D eigenvalue weighted by molar-refractivity contribution is 5.99. The summed E-state index contributed by atoms with van der Waals surface area (Å²) in [4.78, 5) is 24.8. The highest BCUT2D eigenvalue weighted by Gasteiger charge is 2.55. The van der Waals surface area contributed by atoms with Gasteiger partial charge in [0.2, 0.25) is 11.4 Å². The average Bonchev–Trinajstić information content (AvgIpc) is 3.48. The van der Waals surface area contributed by atoms with Crippen LogP contribution >= 0.6 is 0 Å². The molecule has 7 nitrogen and oxygen atoms in total. The molecule has 1 unspecified atom stereocenters. The molecule has 164 valence electrons. The fraction of sp³-hybridized carbons (Fsp3) is 0.417. The third-order valence-electron chi connectivity index (χ3n) is 5.86. The second-order valence-corrected chi connectivity index (χ2v) is 7.95. The molecule has 7 heteroatoms. The lowest BCUT2D eigenvalue weighted by atomic mass is 9.99. The number of carbonyl (C=O) groups excluding carboxylic acids is 2. The molecule has 1 heterocycles. The van der Waals surface area contributed by atoms with E-state index in [-0.39, 0.29) is 18.0 Å². The number of amides is 1. The van der Waals surface area contributed by atoms with Crippen molar-refractivity contribution >= 4 is 11.9 Å². The van der Waals surface area contributed by atoms with E-state index in [1.807, 2.05) is 32.0 Å². The molecule has 0 radical (unpaired) electrons. The molecule has 1 aliphatic heterocycles. The molecule has 1 saturated carbocycles. The van der Waals surface area contributed by atoms with Gasteiger partial charge in [-0.1, -0.05) is 13.0 Å². The minimum atomic E-state index is -1.02. The maximum atomic E-state index is 12.8. The third-order valence-corrected chi connectivity index (χ3v) is 5.86. The first-order chi connectivity index (χ1) is 14.9. The van der Waals surface area contributed by atoms with Crippen molar-refractivity contribution in [1.29, 1.82) is 0 Å². The van der Waals surface area contributed by atoms with Gasteiger partial charge in [-0.05, 0) is 48.7 Å². The molecule has 0 spiro atoms. The molecule has 0 saturated heterocycles. The Morgan fingerprint density at radius 1 is 1.10 bits per heavy atom. The van der Waals surface area contributed by atoms with E-state index in [1.165, 1.54) is 7.11 Å². The Morgan fingerprint density at radius 3 is 2.48 bits per heavy atom. The van der Waals surface area contributed by atoms with E-state index in [2.05, 4.69) is 5.32 Å². The van der Waals surface area contributed by atoms with Gasteiger partial charge in [-0.2, -0.15) is 0 Å². The number of hydrogen-bond acceptors (Lipinski definition) is 6. The maximum absolute atomic E-state index is 12.8. The zero-order valence-corrected chi connectivity index (χ0v) is 18.2. The lowest BCUT2D eigenvalue weighted by Gasteiger charge is -2.23. The van der Waals surface area contributed by atoms with E-state index in [0.29, 0.717) is 42.2 Å². The Kier molecular flexibility index (Phi) is 5.52. The van der Waals surface area contributed by atoms with Crippen molar-refractivity contribution in [3.8, 4) is 28.4 Å². The van der Waals surface area contributed by atoms with Crippen LogP contribution in [0.2, 0.25) is 0 Å². The first kappa shape index (κ1) is 21.0. The van der Waals surface area contributed by atoms with Crippen molar-refractivity contribution in [2.75, 3.05) is 14.2 Å². The molecular formula is C24H27NO6. The second-order valence-electron chi connectivity index (χ2n) is 7.95. The lowest BCUT2D eigenvalue weighted by molar-refractivity contribution is -0.159. The van der Waals surface area contributed by atoms with Crippen LogP contribution in [0.5, 0.6) is 17.2 Å². The van der Waals surface area contributed by atoms with Crippen molar-refractivity contribution in [1.82, 2.24) is 5.32 Å². The standard InChI is InChI=1S/C24H27NO6/c1-5-14(2)30-23(27)24(10-11-24)31-20-17(8-9-19(28-3)21(20)29-4)15-6-7-18-16(12-15)13-25-22(18)26/h6-9,12,14H,5,10-11,13H2,1-4H3,(H,25,26). The summed E-state index contributed by atoms with van der Waals surface area (Å²) in [5, 5.41) is 2.83. The third kappa shape index (κ3) is 3.80. The Hall–Kier alpha value is -3.22. The minimum Gasteiger partial charge on any atom is -0.493 e. The lowest BCUT2D eigenvalue weighted by Crippen LogP contribution is -2.34. The van der Waals surface area contributed by atoms with Gasteiger partial charge in [0, 0.05) is 30.5 Å². The summed E-state index contributed by atoms with van der Waals surface area (Å²) in [5.41, 5.74) is 2.18. The molecule has 1 amide bonds. The smallest absolute Gasteiger partial charge is 0.350 e. The Balaban J connectivity index is 1.76. The zero-order valence-electron chi connectivity index (χ0n) is 18.2. The number of carbonyl (C=O) groups is 2. The van der Waals surface area contributed by atoms with Gasteiger partial charge in [0.05, 0.1) is 20.3 Å². The Labute approximate surface area is 181 Å². The van der Waals surface area contributed by atoms with Crippen molar-refractivity contribution in [3.63, 3.8) is 0 Å². The summed E-state index contributed by atoms with van der Waals surface area (Å²) in [6.07, 6.45) is 1.70. The Bertz CT molecular complexity index is 1030. The largest absolute Gasteiger partial charge is 0.493 e. The predicted molar refractivity (Wildman–Crippen MR) is 115 cm³/mol. The van der Waals surface area contributed by atoms with E-state index < -0.39 is 5.60 Å². The molecular weight excluding hydrogens is 398 g/mol. The second kappa shape index (κ2) is 8.13. The number of rotatable bonds is 8. The summed E-state index contributed by atoms with van der Waals surface area (Å²) in [5.74, 6) is 0.914. The van der Waals surface area contributed by atoms with Crippen LogP contribution < -0.4 is 19.5 Å². The molecule has 2 aliphatic rings. The number of nitrogens with one attached hydrogen (secondary N) is 1. The number of benzene rings is 2. The summed E-state index contributed by atoms with van der Waals surface area (Å²) >= 11 is 0. The van der Waals surface area contributed by atoms with Gasteiger partial charge in [0.15, 0.2) is 11.5 Å². The zero-order chi connectivity index (χ0) is 22.2. The van der Waals surface area contributed by atoms with E-state index >= 15 is 0 Å². The van der Waals surface area contributed by atoms with E-state index in [4.69, 9.17) is 18.9 Å². The predicted octanol–water partition coefficient (Wildman–Crippen LogP) is 3.87. The van der Waals surface area contributed by atoms with Crippen LogP contribution in [0, 0.1) is 0 Å². The van der Waals surface area contributed by atoms with Gasteiger partial charge in [0.25, 0.3) is 5.91 Å². The first-order valence-electron chi connectivity index (χ1n) is 10.5. The number of fused-ring (bicyclic) bond motifs is 1. The van der Waals surface area contributed by atoms with Gasteiger partial charge in [-0.15, -0.1) is 0 Å². The number of hydrogen-bond donors (Lipinski definition) is 1. The quantitative estimate of drug-likeness (QED) is 0.647. The molecule has 2 aromatic carbocycles. The number of methoxy groups -OCH3 is 2. The van der Waals surface area contributed by atoms with Crippen molar-refractivity contribution in [3.05, 3.63) is 41.5 Å². The molecule has 1 fully saturated rings. The summed E-state index contributed by atoms with van der Waals surface area (Å²) < 4.78 is 23.0. The van der Waals surface area contributed by atoms with Crippen molar-refractivity contribution in [2.45, 2.75) is 51.4 Å². The molecule has 1 aliphatic carbocycles. The van der Waals surface area contributed by atoms with Crippen LogP contribution in [-0.4, -0.2) is 37.8 Å². The maximum Gasteiger partial charge on any atom is 0.350 e. The van der Waals surface area contributed by atoms with Gasteiger partial charge < -0.3 is 24.3 Å². The van der Waals surface area contributed by atoms with Crippen molar-refractivity contribution < 1.29 is 28.5 Å². The van der Waals surface area contributed by atoms with Crippen molar-refractivity contribution in [2.24, 2.45) is 0 Å². The molecule has 2 aromatic rings. The van der Waals surface area contributed by atoms with Gasteiger partial charge in [-0.25, -0.2) is 4.79 Å². The summed E-state index contributed by atoms with van der Waals surface area (Å²) in [6, 6.07) is 9.30. The van der Waals surface area contributed by atoms with Gasteiger partial charge in [0.1, 0.15) is 0 Å². The van der Waals surface area contributed by atoms with Gasteiger partial charge in [-0.3, -0.25) is 4.79 Å².